The number of likely N-dealkylation sites (N-methyl/N-ethyl adjacent to an activating group) is 1. The average Bonchev–Trinajstić information content (AvgIpc) is 2.41. The van der Waals surface area contributed by atoms with Gasteiger partial charge >= 0.3 is 0 Å². The summed E-state index contributed by atoms with van der Waals surface area (Å²) in [6, 6.07) is 0. The van der Waals surface area contributed by atoms with E-state index < -0.39 is 0 Å². The van der Waals surface area contributed by atoms with Crippen molar-refractivity contribution in [1.82, 2.24) is 19.8 Å². The Morgan fingerprint density at radius 1 is 1.10 bits per heavy atom. The molecule has 0 radical (unpaired) electrons. The molecule has 0 atom stereocenters. The van der Waals surface area contributed by atoms with Gasteiger partial charge in [-0.1, -0.05) is 0 Å². The third-order valence-corrected chi connectivity index (χ3v) is 3.80. The number of aryl methyl sites for hydroxylation is 1. The zero-order chi connectivity index (χ0) is 14.7. The number of rotatable bonds is 4. The van der Waals surface area contributed by atoms with Crippen molar-refractivity contribution in [2.75, 3.05) is 64.0 Å². The Labute approximate surface area is 121 Å². The molecule has 0 aliphatic carbocycles. The van der Waals surface area contributed by atoms with Gasteiger partial charge in [0.05, 0.1) is 0 Å². The number of anilines is 2. The first-order valence-electron chi connectivity index (χ1n) is 7.20. The predicted octanol–water partition coefficient (Wildman–Crippen LogP) is 0.359. The number of piperazine rings is 1. The Hall–Kier alpha value is -1.40. The van der Waals surface area contributed by atoms with E-state index in [0.29, 0.717) is 5.82 Å². The van der Waals surface area contributed by atoms with Crippen LogP contribution in [0.1, 0.15) is 11.4 Å². The zero-order valence-electron chi connectivity index (χ0n) is 13.1. The maximum absolute atomic E-state index is 5.94. The molecule has 0 bridgehead atoms. The van der Waals surface area contributed by atoms with Gasteiger partial charge in [-0.15, -0.1) is 0 Å². The first kappa shape index (κ1) is 15.0. The van der Waals surface area contributed by atoms with Gasteiger partial charge in [0.2, 0.25) is 0 Å². The van der Waals surface area contributed by atoms with Crippen LogP contribution in [-0.4, -0.2) is 73.1 Å². The summed E-state index contributed by atoms with van der Waals surface area (Å²) >= 11 is 0. The van der Waals surface area contributed by atoms with Gasteiger partial charge in [-0.25, -0.2) is 9.97 Å². The molecular formula is C14H26N6. The summed E-state index contributed by atoms with van der Waals surface area (Å²) in [5, 5.41) is 0. The average molecular weight is 278 g/mol. The maximum atomic E-state index is 5.94. The second-order valence-electron chi connectivity index (χ2n) is 5.74. The molecular weight excluding hydrogens is 252 g/mol. The van der Waals surface area contributed by atoms with E-state index in [2.05, 4.69) is 38.8 Å². The number of nitrogens with two attached hydrogens (primary N) is 1. The monoisotopic (exact) mass is 278 g/mol. The minimum atomic E-state index is 0.600. The third-order valence-electron chi connectivity index (χ3n) is 3.80. The topological polar surface area (TPSA) is 61.5 Å². The molecule has 0 spiro atoms. The summed E-state index contributed by atoms with van der Waals surface area (Å²) in [7, 11) is 4.23. The van der Waals surface area contributed by atoms with Gasteiger partial charge in [-0.2, -0.15) is 0 Å². The molecule has 20 heavy (non-hydrogen) atoms. The van der Waals surface area contributed by atoms with Crippen LogP contribution in [0, 0.1) is 13.8 Å². The first-order chi connectivity index (χ1) is 9.47. The van der Waals surface area contributed by atoms with Crippen molar-refractivity contribution >= 4 is 11.6 Å². The molecule has 1 aliphatic rings. The standard InChI is InChI=1S/C14H26N6/c1-11-13(15)16-12(2)17-14(11)20-9-7-19(8-10-20)6-5-18(3)4/h5-10H2,1-4H3,(H2,15,16,17). The van der Waals surface area contributed by atoms with Gasteiger partial charge in [0.15, 0.2) is 0 Å². The van der Waals surface area contributed by atoms with E-state index in [9.17, 15) is 0 Å². The molecule has 1 aliphatic heterocycles. The van der Waals surface area contributed by atoms with Crippen molar-refractivity contribution < 1.29 is 0 Å². The molecule has 112 valence electrons. The van der Waals surface area contributed by atoms with E-state index >= 15 is 0 Å². The minimum absolute atomic E-state index is 0.600. The van der Waals surface area contributed by atoms with E-state index in [0.717, 1.165) is 56.5 Å². The van der Waals surface area contributed by atoms with Crippen LogP contribution >= 0.6 is 0 Å². The Morgan fingerprint density at radius 2 is 1.75 bits per heavy atom. The lowest BCUT2D eigenvalue weighted by atomic mass is 10.2. The van der Waals surface area contributed by atoms with Gasteiger partial charge in [0, 0.05) is 44.8 Å². The van der Waals surface area contributed by atoms with Gasteiger partial charge in [-0.05, 0) is 27.9 Å². The van der Waals surface area contributed by atoms with E-state index in [4.69, 9.17) is 5.73 Å². The van der Waals surface area contributed by atoms with E-state index in [1.165, 1.54) is 0 Å². The van der Waals surface area contributed by atoms with Crippen LogP contribution in [-0.2, 0) is 0 Å². The first-order valence-corrected chi connectivity index (χ1v) is 7.20. The highest BCUT2D eigenvalue weighted by molar-refractivity contribution is 5.56. The van der Waals surface area contributed by atoms with Crippen LogP contribution in [0.15, 0.2) is 0 Å². The molecule has 2 heterocycles. The minimum Gasteiger partial charge on any atom is -0.383 e. The van der Waals surface area contributed by atoms with Crippen molar-refractivity contribution in [3.8, 4) is 0 Å². The lowest BCUT2D eigenvalue weighted by molar-refractivity contribution is 0.229. The Balaban J connectivity index is 1.97. The largest absolute Gasteiger partial charge is 0.383 e. The van der Waals surface area contributed by atoms with E-state index in [1.807, 2.05) is 13.8 Å². The summed E-state index contributed by atoms with van der Waals surface area (Å²) in [6.45, 7) is 10.3. The SMILES string of the molecule is Cc1nc(N)c(C)c(N2CCN(CCN(C)C)CC2)n1. The normalized spacial score (nSPS) is 16.9. The molecule has 1 saturated heterocycles. The van der Waals surface area contributed by atoms with Crippen molar-refractivity contribution in [2.24, 2.45) is 0 Å². The molecule has 1 aromatic rings. The van der Waals surface area contributed by atoms with Crippen LogP contribution in [0.3, 0.4) is 0 Å². The highest BCUT2D eigenvalue weighted by Gasteiger charge is 2.20. The summed E-state index contributed by atoms with van der Waals surface area (Å²) in [4.78, 5) is 15.8. The van der Waals surface area contributed by atoms with Crippen LogP contribution in [0.5, 0.6) is 0 Å². The van der Waals surface area contributed by atoms with Crippen LogP contribution in [0.4, 0.5) is 11.6 Å². The van der Waals surface area contributed by atoms with Crippen molar-refractivity contribution in [2.45, 2.75) is 13.8 Å². The number of aromatic nitrogens is 2. The highest BCUT2D eigenvalue weighted by atomic mass is 15.3. The summed E-state index contributed by atoms with van der Waals surface area (Å²) in [5.74, 6) is 2.35. The molecule has 0 amide bonds. The van der Waals surface area contributed by atoms with Crippen molar-refractivity contribution in [3.05, 3.63) is 11.4 Å². The van der Waals surface area contributed by atoms with E-state index in [-0.39, 0.29) is 0 Å². The summed E-state index contributed by atoms with van der Waals surface area (Å²) in [6.07, 6.45) is 0. The van der Waals surface area contributed by atoms with Crippen LogP contribution < -0.4 is 10.6 Å². The molecule has 2 rings (SSSR count). The Bertz CT molecular complexity index is 451. The summed E-state index contributed by atoms with van der Waals surface area (Å²) < 4.78 is 0. The van der Waals surface area contributed by atoms with E-state index in [1.54, 1.807) is 0 Å². The molecule has 6 heteroatoms. The lowest BCUT2D eigenvalue weighted by Crippen LogP contribution is -2.48. The third kappa shape index (κ3) is 3.58. The van der Waals surface area contributed by atoms with Crippen LogP contribution in [0.2, 0.25) is 0 Å². The second-order valence-corrected chi connectivity index (χ2v) is 5.74. The van der Waals surface area contributed by atoms with Gasteiger partial charge < -0.3 is 15.5 Å². The summed E-state index contributed by atoms with van der Waals surface area (Å²) in [5.41, 5.74) is 6.94. The van der Waals surface area contributed by atoms with Gasteiger partial charge in [0.25, 0.3) is 0 Å². The fourth-order valence-corrected chi connectivity index (χ4v) is 2.47. The van der Waals surface area contributed by atoms with Crippen molar-refractivity contribution in [1.29, 1.82) is 0 Å². The number of hydrogen-bond acceptors (Lipinski definition) is 6. The van der Waals surface area contributed by atoms with Gasteiger partial charge in [-0.3, -0.25) is 4.90 Å². The quantitative estimate of drug-likeness (QED) is 0.858. The molecule has 0 unspecified atom stereocenters. The molecule has 0 saturated carbocycles. The van der Waals surface area contributed by atoms with Crippen molar-refractivity contribution in [3.63, 3.8) is 0 Å². The van der Waals surface area contributed by atoms with Crippen LogP contribution in [0.25, 0.3) is 0 Å². The Morgan fingerprint density at radius 3 is 2.35 bits per heavy atom. The Kier molecular flexibility index (Phi) is 4.77. The smallest absolute Gasteiger partial charge is 0.137 e. The number of hydrogen-bond donors (Lipinski definition) is 1. The molecule has 2 N–H and O–H groups in total. The second kappa shape index (κ2) is 6.37. The fraction of sp³-hybridized carbons (Fsp3) is 0.714. The molecule has 1 fully saturated rings. The number of nitrogens with zero attached hydrogens (tertiary/aromatic N) is 5. The lowest BCUT2D eigenvalue weighted by Gasteiger charge is -2.36. The molecule has 6 nitrogen and oxygen atoms in total. The molecule has 1 aromatic heterocycles. The highest BCUT2D eigenvalue weighted by Crippen LogP contribution is 2.22. The number of nitrogen functional groups attached to an aromatic ring is 1. The zero-order valence-corrected chi connectivity index (χ0v) is 13.1. The molecule has 0 aromatic carbocycles. The maximum Gasteiger partial charge on any atom is 0.137 e. The fourth-order valence-electron chi connectivity index (χ4n) is 2.47. The predicted molar refractivity (Wildman–Crippen MR) is 83.1 cm³/mol. The van der Waals surface area contributed by atoms with Gasteiger partial charge in [0.1, 0.15) is 17.5 Å².